The zero-order chi connectivity index (χ0) is 16.9. The van der Waals surface area contributed by atoms with Crippen LogP contribution in [0.3, 0.4) is 0 Å². The quantitative estimate of drug-likeness (QED) is 0.730. The second-order valence-corrected chi connectivity index (χ2v) is 5.54. The van der Waals surface area contributed by atoms with E-state index in [9.17, 15) is 9.18 Å². The molecule has 24 heavy (non-hydrogen) atoms. The summed E-state index contributed by atoms with van der Waals surface area (Å²) in [7, 11) is 0. The maximum atomic E-state index is 13.2. The Kier molecular flexibility index (Phi) is 4.91. The molecule has 124 valence electrons. The molecule has 0 spiro atoms. The molecular formula is C19H19FN2O2. The van der Waals surface area contributed by atoms with Crippen LogP contribution in [0, 0.1) is 5.82 Å². The predicted octanol–water partition coefficient (Wildman–Crippen LogP) is 3.36. The highest BCUT2D eigenvalue weighted by atomic mass is 19.1. The number of nitrogens with one attached hydrogen (secondary N) is 2. The Hall–Kier alpha value is -2.66. The lowest BCUT2D eigenvalue weighted by atomic mass is 10.1. The molecule has 1 heterocycles. The van der Waals surface area contributed by atoms with E-state index >= 15 is 0 Å². The van der Waals surface area contributed by atoms with Crippen LogP contribution in [-0.2, 0) is 13.1 Å². The Bertz CT molecular complexity index is 905. The number of hydrogen-bond acceptors (Lipinski definition) is 3. The molecule has 5 heteroatoms. The van der Waals surface area contributed by atoms with Gasteiger partial charge in [0.15, 0.2) is 0 Å². The third-order valence-electron chi connectivity index (χ3n) is 3.74. The zero-order valence-corrected chi connectivity index (χ0v) is 13.4. The van der Waals surface area contributed by atoms with E-state index in [1.165, 1.54) is 12.1 Å². The number of aromatic nitrogens is 1. The van der Waals surface area contributed by atoms with Gasteiger partial charge in [0.25, 0.3) is 5.56 Å². The molecule has 0 saturated carbocycles. The number of fused-ring (bicyclic) bond motifs is 1. The number of hydrogen-bond donors (Lipinski definition) is 2. The van der Waals surface area contributed by atoms with Crippen LogP contribution in [0.15, 0.2) is 53.3 Å². The van der Waals surface area contributed by atoms with E-state index in [0.29, 0.717) is 25.3 Å². The van der Waals surface area contributed by atoms with Crippen molar-refractivity contribution < 1.29 is 9.13 Å². The van der Waals surface area contributed by atoms with Crippen molar-refractivity contribution in [1.29, 1.82) is 0 Å². The van der Waals surface area contributed by atoms with Crippen LogP contribution in [-0.4, -0.2) is 11.6 Å². The Labute approximate surface area is 139 Å². The highest BCUT2D eigenvalue weighted by Gasteiger charge is 2.05. The van der Waals surface area contributed by atoms with Crippen LogP contribution < -0.4 is 15.6 Å². The molecule has 0 aliphatic carbocycles. The van der Waals surface area contributed by atoms with Gasteiger partial charge in [-0.25, -0.2) is 4.39 Å². The van der Waals surface area contributed by atoms with Gasteiger partial charge in [-0.15, -0.1) is 0 Å². The number of benzene rings is 2. The van der Waals surface area contributed by atoms with E-state index in [1.807, 2.05) is 37.3 Å². The van der Waals surface area contributed by atoms with Gasteiger partial charge in [-0.05, 0) is 48.2 Å². The summed E-state index contributed by atoms with van der Waals surface area (Å²) >= 11 is 0. The third-order valence-corrected chi connectivity index (χ3v) is 3.74. The summed E-state index contributed by atoms with van der Waals surface area (Å²) in [6, 6.07) is 13.9. The van der Waals surface area contributed by atoms with E-state index in [-0.39, 0.29) is 11.4 Å². The van der Waals surface area contributed by atoms with Gasteiger partial charge in [0.2, 0.25) is 0 Å². The molecule has 2 aromatic carbocycles. The Morgan fingerprint density at radius 2 is 2.00 bits per heavy atom. The maximum absolute atomic E-state index is 13.2. The van der Waals surface area contributed by atoms with Crippen molar-refractivity contribution in [2.45, 2.75) is 20.0 Å². The zero-order valence-electron chi connectivity index (χ0n) is 13.4. The smallest absolute Gasteiger partial charge is 0.252 e. The Morgan fingerprint density at radius 3 is 2.79 bits per heavy atom. The minimum atomic E-state index is -0.261. The number of ether oxygens (including phenoxy) is 1. The van der Waals surface area contributed by atoms with Crippen LogP contribution in [0.4, 0.5) is 4.39 Å². The van der Waals surface area contributed by atoms with Gasteiger partial charge in [0.1, 0.15) is 11.6 Å². The second-order valence-electron chi connectivity index (χ2n) is 5.54. The first-order valence-corrected chi connectivity index (χ1v) is 7.89. The monoisotopic (exact) mass is 326 g/mol. The van der Waals surface area contributed by atoms with Gasteiger partial charge in [-0.2, -0.15) is 0 Å². The lowest BCUT2D eigenvalue weighted by molar-refractivity contribution is 0.340. The highest BCUT2D eigenvalue weighted by molar-refractivity contribution is 5.80. The summed E-state index contributed by atoms with van der Waals surface area (Å²) in [4.78, 5) is 15.1. The molecule has 0 fully saturated rings. The Balaban J connectivity index is 1.73. The molecule has 0 atom stereocenters. The first kappa shape index (κ1) is 16.2. The summed E-state index contributed by atoms with van der Waals surface area (Å²) in [6.45, 7) is 3.41. The topological polar surface area (TPSA) is 54.1 Å². The number of aromatic amines is 1. The van der Waals surface area contributed by atoms with Crippen molar-refractivity contribution in [1.82, 2.24) is 10.3 Å². The average molecular weight is 326 g/mol. The molecule has 4 nitrogen and oxygen atoms in total. The van der Waals surface area contributed by atoms with Crippen molar-refractivity contribution in [3.63, 3.8) is 0 Å². The fourth-order valence-corrected chi connectivity index (χ4v) is 2.60. The highest BCUT2D eigenvalue weighted by Crippen LogP contribution is 2.18. The van der Waals surface area contributed by atoms with Crippen molar-refractivity contribution in [3.05, 3.63) is 75.8 Å². The van der Waals surface area contributed by atoms with Crippen molar-refractivity contribution >= 4 is 10.9 Å². The third kappa shape index (κ3) is 3.81. The molecule has 0 aliphatic rings. The molecule has 3 rings (SSSR count). The molecule has 2 N–H and O–H groups in total. The van der Waals surface area contributed by atoms with Gasteiger partial charge in [0, 0.05) is 24.7 Å². The van der Waals surface area contributed by atoms with E-state index in [2.05, 4.69) is 10.3 Å². The van der Waals surface area contributed by atoms with E-state index in [4.69, 9.17) is 4.74 Å². The number of rotatable bonds is 6. The van der Waals surface area contributed by atoms with Crippen LogP contribution in [0.25, 0.3) is 10.9 Å². The number of H-pyrrole nitrogens is 1. The van der Waals surface area contributed by atoms with Gasteiger partial charge in [-0.3, -0.25) is 4.79 Å². The molecule has 0 bridgehead atoms. The molecule has 0 saturated heterocycles. The summed E-state index contributed by atoms with van der Waals surface area (Å²) < 4.78 is 18.6. The van der Waals surface area contributed by atoms with Crippen LogP contribution in [0.5, 0.6) is 5.75 Å². The summed E-state index contributed by atoms with van der Waals surface area (Å²) in [5.74, 6) is 0.473. The summed E-state index contributed by atoms with van der Waals surface area (Å²) in [5, 5.41) is 4.12. The van der Waals surface area contributed by atoms with Gasteiger partial charge < -0.3 is 15.0 Å². The first-order chi connectivity index (χ1) is 11.7. The first-order valence-electron chi connectivity index (χ1n) is 7.89. The van der Waals surface area contributed by atoms with Crippen LogP contribution in [0.1, 0.15) is 18.1 Å². The van der Waals surface area contributed by atoms with E-state index in [0.717, 1.165) is 22.2 Å². The fraction of sp³-hybridized carbons (Fsp3) is 0.211. The van der Waals surface area contributed by atoms with E-state index < -0.39 is 0 Å². The standard InChI is InChI=1S/C19H19FN2O2/c1-2-24-17-7-6-14-9-15(19(23)22-18(14)10-17)12-21-11-13-4-3-5-16(20)8-13/h3-10,21H,2,11-12H2,1H3,(H,22,23). The van der Waals surface area contributed by atoms with Gasteiger partial charge in [0.05, 0.1) is 12.1 Å². The van der Waals surface area contributed by atoms with E-state index in [1.54, 1.807) is 6.07 Å². The largest absolute Gasteiger partial charge is 0.494 e. The normalized spacial score (nSPS) is 10.9. The lowest BCUT2D eigenvalue weighted by Gasteiger charge is -2.08. The fourth-order valence-electron chi connectivity index (χ4n) is 2.60. The average Bonchev–Trinajstić information content (AvgIpc) is 2.56. The molecule has 0 aliphatic heterocycles. The lowest BCUT2D eigenvalue weighted by Crippen LogP contribution is -2.20. The SMILES string of the molecule is CCOc1ccc2cc(CNCc3cccc(F)c3)c(=O)[nH]c2c1. The molecular weight excluding hydrogens is 307 g/mol. The summed E-state index contributed by atoms with van der Waals surface area (Å²) in [5.41, 5.74) is 2.10. The maximum Gasteiger partial charge on any atom is 0.252 e. The van der Waals surface area contributed by atoms with Crippen LogP contribution in [0.2, 0.25) is 0 Å². The van der Waals surface area contributed by atoms with Crippen molar-refractivity contribution in [3.8, 4) is 5.75 Å². The molecule has 3 aromatic rings. The predicted molar refractivity (Wildman–Crippen MR) is 92.7 cm³/mol. The molecule has 1 aromatic heterocycles. The minimum Gasteiger partial charge on any atom is -0.494 e. The Morgan fingerprint density at radius 1 is 1.12 bits per heavy atom. The minimum absolute atomic E-state index is 0.136. The number of pyridine rings is 1. The molecule has 0 radical (unpaired) electrons. The van der Waals surface area contributed by atoms with Crippen LogP contribution >= 0.6 is 0 Å². The molecule has 0 amide bonds. The van der Waals surface area contributed by atoms with Gasteiger partial charge >= 0.3 is 0 Å². The summed E-state index contributed by atoms with van der Waals surface area (Å²) in [6.07, 6.45) is 0. The number of halogens is 1. The van der Waals surface area contributed by atoms with Gasteiger partial charge in [-0.1, -0.05) is 12.1 Å². The van der Waals surface area contributed by atoms with Crippen molar-refractivity contribution in [2.24, 2.45) is 0 Å². The molecule has 0 unspecified atom stereocenters. The second kappa shape index (κ2) is 7.27. The van der Waals surface area contributed by atoms with Crippen molar-refractivity contribution in [2.75, 3.05) is 6.61 Å².